The number of hydrogen-bond acceptors (Lipinski definition) is 5. The van der Waals surface area contributed by atoms with Crippen LogP contribution in [0.3, 0.4) is 0 Å². The number of nitrogens with one attached hydrogen (secondary N) is 2. The van der Waals surface area contributed by atoms with Gasteiger partial charge in [-0.25, -0.2) is 13.1 Å². The Morgan fingerprint density at radius 2 is 1.78 bits per heavy atom. The molecule has 0 aromatic heterocycles. The molecule has 1 heterocycles. The Labute approximate surface area is 191 Å². The molecule has 3 aromatic rings. The van der Waals surface area contributed by atoms with Gasteiger partial charge in [-0.3, -0.25) is 4.79 Å². The number of sulfonamides is 1. The second-order valence-corrected chi connectivity index (χ2v) is 9.49. The first-order valence-electron chi connectivity index (χ1n) is 9.86. The molecule has 1 atom stereocenters. The van der Waals surface area contributed by atoms with Crippen LogP contribution < -0.4 is 19.5 Å². The normalized spacial score (nSPS) is 13.6. The molecule has 3 aromatic carbocycles. The highest BCUT2D eigenvalue weighted by molar-refractivity contribution is 7.89. The lowest BCUT2D eigenvalue weighted by atomic mass is 10.1. The third-order valence-electron chi connectivity index (χ3n) is 5.03. The molecular weight excluding hydrogens is 452 g/mol. The van der Waals surface area contributed by atoms with E-state index in [0.29, 0.717) is 16.5 Å². The monoisotopic (exact) mass is 472 g/mol. The van der Waals surface area contributed by atoms with Crippen LogP contribution in [0.5, 0.6) is 11.5 Å². The van der Waals surface area contributed by atoms with E-state index in [1.54, 1.807) is 36.4 Å². The molecule has 0 aliphatic carbocycles. The van der Waals surface area contributed by atoms with E-state index >= 15 is 0 Å². The predicted octanol–water partition coefficient (Wildman–Crippen LogP) is 4.04. The van der Waals surface area contributed by atoms with Crippen LogP contribution in [0.1, 0.15) is 34.5 Å². The first kappa shape index (κ1) is 22.1. The second kappa shape index (κ2) is 9.20. The zero-order chi connectivity index (χ0) is 22.7. The Kier molecular flexibility index (Phi) is 6.36. The maximum Gasteiger partial charge on any atom is 0.251 e. The number of amides is 1. The summed E-state index contributed by atoms with van der Waals surface area (Å²) < 4.78 is 38.7. The van der Waals surface area contributed by atoms with Crippen molar-refractivity contribution in [3.05, 3.63) is 88.4 Å². The lowest BCUT2D eigenvalue weighted by molar-refractivity contribution is 0.0939. The van der Waals surface area contributed by atoms with Gasteiger partial charge in [-0.1, -0.05) is 35.9 Å². The molecule has 0 spiro atoms. The molecule has 0 bridgehead atoms. The van der Waals surface area contributed by atoms with Crippen molar-refractivity contribution in [2.45, 2.75) is 24.4 Å². The highest BCUT2D eigenvalue weighted by atomic mass is 35.5. The minimum Gasteiger partial charge on any atom is -0.454 e. The van der Waals surface area contributed by atoms with Gasteiger partial charge in [-0.05, 0) is 60.5 Å². The topological polar surface area (TPSA) is 93.7 Å². The molecule has 32 heavy (non-hydrogen) atoms. The summed E-state index contributed by atoms with van der Waals surface area (Å²) in [6, 6.07) is 18.0. The molecule has 1 amide bonds. The Balaban J connectivity index is 1.43. The number of carbonyl (C=O) groups is 1. The van der Waals surface area contributed by atoms with Crippen molar-refractivity contribution in [3.63, 3.8) is 0 Å². The van der Waals surface area contributed by atoms with E-state index in [0.717, 1.165) is 11.1 Å². The molecule has 0 saturated heterocycles. The van der Waals surface area contributed by atoms with Gasteiger partial charge in [0.25, 0.3) is 5.91 Å². The minimum atomic E-state index is -3.83. The molecule has 7 nitrogen and oxygen atoms in total. The van der Waals surface area contributed by atoms with Gasteiger partial charge in [0.1, 0.15) is 0 Å². The SMILES string of the molecule is C[C@@H](NC(=O)c1cccc(S(=O)(=O)NCc2ccc3c(c2)OCO3)c1)c1ccc(Cl)cc1. The Bertz CT molecular complexity index is 1250. The second-order valence-electron chi connectivity index (χ2n) is 7.29. The van der Waals surface area contributed by atoms with Crippen LogP contribution in [0, 0.1) is 0 Å². The van der Waals surface area contributed by atoms with E-state index in [2.05, 4.69) is 10.0 Å². The van der Waals surface area contributed by atoms with Crippen molar-refractivity contribution < 1.29 is 22.7 Å². The largest absolute Gasteiger partial charge is 0.454 e. The summed E-state index contributed by atoms with van der Waals surface area (Å²) in [5.74, 6) is 0.832. The summed E-state index contributed by atoms with van der Waals surface area (Å²) >= 11 is 5.91. The smallest absolute Gasteiger partial charge is 0.251 e. The average molecular weight is 473 g/mol. The molecule has 9 heteroatoms. The van der Waals surface area contributed by atoms with Gasteiger partial charge < -0.3 is 14.8 Å². The first-order chi connectivity index (χ1) is 15.3. The van der Waals surface area contributed by atoms with Crippen molar-refractivity contribution in [2.24, 2.45) is 0 Å². The van der Waals surface area contributed by atoms with Gasteiger partial charge in [-0.2, -0.15) is 0 Å². The van der Waals surface area contributed by atoms with Gasteiger partial charge in [0.05, 0.1) is 10.9 Å². The average Bonchev–Trinajstić information content (AvgIpc) is 3.26. The maximum atomic E-state index is 12.8. The maximum absolute atomic E-state index is 12.8. The Morgan fingerprint density at radius 3 is 2.56 bits per heavy atom. The van der Waals surface area contributed by atoms with Crippen LogP contribution in [0.2, 0.25) is 5.02 Å². The molecule has 0 fully saturated rings. The van der Waals surface area contributed by atoms with Gasteiger partial charge in [0.2, 0.25) is 16.8 Å². The van der Waals surface area contributed by atoms with Crippen LogP contribution >= 0.6 is 11.6 Å². The molecule has 0 radical (unpaired) electrons. The molecule has 2 N–H and O–H groups in total. The zero-order valence-corrected chi connectivity index (χ0v) is 18.7. The molecular formula is C23H21ClN2O5S. The fourth-order valence-corrected chi connectivity index (χ4v) is 4.42. The van der Waals surface area contributed by atoms with Crippen LogP contribution in [-0.4, -0.2) is 21.1 Å². The quantitative estimate of drug-likeness (QED) is 0.541. The Morgan fingerprint density at radius 1 is 1.03 bits per heavy atom. The number of halogens is 1. The summed E-state index contributed by atoms with van der Waals surface area (Å²) in [7, 11) is -3.83. The lowest BCUT2D eigenvalue weighted by Crippen LogP contribution is -2.27. The molecule has 166 valence electrons. The van der Waals surface area contributed by atoms with Crippen molar-refractivity contribution in [3.8, 4) is 11.5 Å². The molecule has 1 aliphatic heterocycles. The highest BCUT2D eigenvalue weighted by Crippen LogP contribution is 2.32. The third-order valence-corrected chi connectivity index (χ3v) is 6.68. The summed E-state index contributed by atoms with van der Waals surface area (Å²) in [4.78, 5) is 12.7. The summed E-state index contributed by atoms with van der Waals surface area (Å²) in [6.45, 7) is 2.06. The number of ether oxygens (including phenoxy) is 2. The first-order valence-corrected chi connectivity index (χ1v) is 11.7. The van der Waals surface area contributed by atoms with E-state index in [9.17, 15) is 13.2 Å². The van der Waals surface area contributed by atoms with Gasteiger partial charge in [0, 0.05) is 17.1 Å². The van der Waals surface area contributed by atoms with Gasteiger partial charge in [0.15, 0.2) is 11.5 Å². The summed E-state index contributed by atoms with van der Waals surface area (Å²) in [5, 5.41) is 3.48. The number of carbonyl (C=O) groups excluding carboxylic acids is 1. The minimum absolute atomic E-state index is 0.00467. The van der Waals surface area contributed by atoms with Crippen molar-refractivity contribution in [1.82, 2.24) is 10.0 Å². The van der Waals surface area contributed by atoms with Crippen molar-refractivity contribution >= 4 is 27.5 Å². The van der Waals surface area contributed by atoms with Gasteiger partial charge >= 0.3 is 0 Å². The lowest BCUT2D eigenvalue weighted by Gasteiger charge is -2.15. The molecule has 0 saturated carbocycles. The van der Waals surface area contributed by atoms with E-state index < -0.39 is 10.0 Å². The number of rotatable bonds is 7. The fourth-order valence-electron chi connectivity index (χ4n) is 3.23. The van der Waals surface area contributed by atoms with E-state index in [1.165, 1.54) is 18.2 Å². The standard InChI is InChI=1S/C23H21ClN2O5S/c1-15(17-6-8-19(24)9-7-17)26-23(27)18-3-2-4-20(12-18)32(28,29)25-13-16-5-10-21-22(11-16)31-14-30-21/h2-12,15,25H,13-14H2,1H3,(H,26,27)/t15-/m1/s1. The molecule has 0 unspecified atom stereocenters. The molecule has 4 rings (SSSR count). The van der Waals surface area contributed by atoms with Crippen LogP contribution in [0.4, 0.5) is 0 Å². The van der Waals surface area contributed by atoms with E-state index in [4.69, 9.17) is 21.1 Å². The van der Waals surface area contributed by atoms with E-state index in [-0.39, 0.29) is 35.7 Å². The summed E-state index contributed by atoms with van der Waals surface area (Å²) in [5.41, 5.74) is 1.86. The van der Waals surface area contributed by atoms with Crippen LogP contribution in [0.25, 0.3) is 0 Å². The van der Waals surface area contributed by atoms with E-state index in [1.807, 2.05) is 19.1 Å². The third kappa shape index (κ3) is 5.04. The van der Waals surface area contributed by atoms with Crippen LogP contribution in [-0.2, 0) is 16.6 Å². The van der Waals surface area contributed by atoms with Crippen LogP contribution in [0.15, 0.2) is 71.6 Å². The number of fused-ring (bicyclic) bond motifs is 1. The van der Waals surface area contributed by atoms with Crippen molar-refractivity contribution in [1.29, 1.82) is 0 Å². The number of benzene rings is 3. The molecule has 1 aliphatic rings. The number of hydrogen-bond donors (Lipinski definition) is 2. The van der Waals surface area contributed by atoms with Crippen molar-refractivity contribution in [2.75, 3.05) is 6.79 Å². The zero-order valence-electron chi connectivity index (χ0n) is 17.2. The predicted molar refractivity (Wildman–Crippen MR) is 120 cm³/mol. The fraction of sp³-hybridized carbons (Fsp3) is 0.174. The highest BCUT2D eigenvalue weighted by Gasteiger charge is 2.19. The van der Waals surface area contributed by atoms with Gasteiger partial charge in [-0.15, -0.1) is 0 Å². The summed E-state index contributed by atoms with van der Waals surface area (Å²) in [6.07, 6.45) is 0. The Hall–Kier alpha value is -3.07.